The second-order valence-electron chi connectivity index (χ2n) is 8.72. The summed E-state index contributed by atoms with van der Waals surface area (Å²) in [5.41, 5.74) is -0.713. The number of nitrogens with one attached hydrogen (secondary N) is 1. The maximum absolute atomic E-state index is 13.2. The molecule has 3 rings (SSSR count). The van der Waals surface area contributed by atoms with E-state index >= 15 is 0 Å². The van der Waals surface area contributed by atoms with Crippen molar-refractivity contribution in [3.8, 4) is 0 Å². The minimum absolute atomic E-state index is 0.0215. The van der Waals surface area contributed by atoms with Gasteiger partial charge in [0.1, 0.15) is 29.3 Å². The van der Waals surface area contributed by atoms with Gasteiger partial charge < -0.3 is 19.6 Å². The van der Waals surface area contributed by atoms with Crippen molar-refractivity contribution in [1.82, 2.24) is 10.2 Å². The topological polar surface area (TPSA) is 141 Å². The Bertz CT molecular complexity index is 1160. The van der Waals surface area contributed by atoms with Crippen LogP contribution in [0, 0.1) is 0 Å². The van der Waals surface area contributed by atoms with Crippen LogP contribution in [0.5, 0.6) is 0 Å². The number of carbonyl (C=O) groups is 5. The predicted molar refractivity (Wildman–Crippen MR) is 137 cm³/mol. The van der Waals surface area contributed by atoms with E-state index < -0.39 is 51.6 Å². The molecule has 37 heavy (non-hydrogen) atoms. The minimum Gasteiger partial charge on any atom is -0.461 e. The summed E-state index contributed by atoms with van der Waals surface area (Å²) in [6, 6.07) is 2.22. The van der Waals surface area contributed by atoms with Crippen molar-refractivity contribution in [2.45, 2.75) is 49.5 Å². The molecule has 0 aromatic carbocycles. The van der Waals surface area contributed by atoms with Gasteiger partial charge >= 0.3 is 17.9 Å². The Morgan fingerprint density at radius 3 is 2.54 bits per heavy atom. The van der Waals surface area contributed by atoms with Crippen molar-refractivity contribution in [2.75, 3.05) is 12.4 Å². The number of hydrogen-bond acceptors (Lipinski definition) is 11. The number of ether oxygens (including phenoxy) is 2. The average molecular weight is 592 g/mol. The highest BCUT2D eigenvalue weighted by Crippen LogP contribution is 2.41. The van der Waals surface area contributed by atoms with E-state index in [9.17, 15) is 24.0 Å². The van der Waals surface area contributed by atoms with Crippen molar-refractivity contribution in [3.63, 3.8) is 0 Å². The number of hydrogen-bond donors (Lipinski definition) is 1. The lowest BCUT2D eigenvalue weighted by Gasteiger charge is -2.49. The van der Waals surface area contributed by atoms with E-state index in [1.807, 2.05) is 0 Å². The van der Waals surface area contributed by atoms with E-state index in [0.29, 0.717) is 10.5 Å². The van der Waals surface area contributed by atoms with Gasteiger partial charge in [-0.2, -0.15) is 0 Å². The number of β-lactam (4-membered cyclic amide) rings is 1. The molecule has 0 saturated carbocycles. The molecule has 0 aliphatic carbocycles. The van der Waals surface area contributed by atoms with Crippen LogP contribution in [0.2, 0.25) is 0 Å². The summed E-state index contributed by atoms with van der Waals surface area (Å²) >= 11 is 13.3. The van der Waals surface area contributed by atoms with Gasteiger partial charge in [0.05, 0.1) is 4.88 Å². The van der Waals surface area contributed by atoms with E-state index in [1.54, 1.807) is 38.3 Å². The van der Waals surface area contributed by atoms with Crippen LogP contribution in [0.3, 0.4) is 0 Å². The van der Waals surface area contributed by atoms with Gasteiger partial charge in [0, 0.05) is 18.2 Å². The Balaban J connectivity index is 1.83. The molecule has 1 aromatic heterocycles. The number of amides is 2. The van der Waals surface area contributed by atoms with Gasteiger partial charge in [-0.15, -0.1) is 23.1 Å². The first-order valence-corrected chi connectivity index (χ1v) is 13.6. The number of fused-ring (bicyclic) bond motifs is 1. The van der Waals surface area contributed by atoms with E-state index in [4.69, 9.17) is 32.7 Å². The Morgan fingerprint density at radius 1 is 1.27 bits per heavy atom. The Kier molecular flexibility index (Phi) is 9.27. The molecule has 200 valence electrons. The van der Waals surface area contributed by atoms with E-state index in [1.165, 1.54) is 23.6 Å². The highest BCUT2D eigenvalue weighted by Gasteiger charge is 2.55. The molecular weight excluding hydrogens is 569 g/mol. The van der Waals surface area contributed by atoms with Crippen LogP contribution in [0.15, 0.2) is 33.9 Å². The third kappa shape index (κ3) is 7.03. The van der Waals surface area contributed by atoms with Crippen LogP contribution in [0.4, 0.5) is 0 Å². The standard InChI is InChI=1S/C22H23Cl2N3O8S2/c1-10(28)33-8-11-9-37-19-14(18(30)27(19)15(11)20(31)34-22(2,3)4)25-17(29)13(12-6-5-7-36-12)26-35-21(32)16(23)24/h5-7,14,16,19H,8-9H2,1-4H3,(H,25,29)/b26-13+/t14-,19-/m1/s1. The molecule has 11 nitrogen and oxygen atoms in total. The monoisotopic (exact) mass is 591 g/mol. The number of rotatable bonds is 8. The van der Waals surface area contributed by atoms with Crippen molar-refractivity contribution in [2.24, 2.45) is 5.16 Å². The van der Waals surface area contributed by atoms with Crippen molar-refractivity contribution in [3.05, 3.63) is 33.7 Å². The second-order valence-corrected chi connectivity index (χ2v) is 11.9. The smallest absolute Gasteiger partial charge is 0.367 e. The SMILES string of the molecule is CC(=O)OCC1=C(C(=O)OC(C)(C)C)N2C(=O)[C@@H](NC(=O)/C(=N/OC(=O)C(Cl)Cl)c3cccs3)[C@H]2SC1. The van der Waals surface area contributed by atoms with Gasteiger partial charge in [0.2, 0.25) is 4.84 Å². The minimum atomic E-state index is -1.50. The fourth-order valence-electron chi connectivity index (χ4n) is 3.25. The normalized spacial score (nSPS) is 19.7. The predicted octanol–water partition coefficient (Wildman–Crippen LogP) is 2.36. The molecular formula is C22H23Cl2N3O8S2. The number of esters is 2. The summed E-state index contributed by atoms with van der Waals surface area (Å²) < 4.78 is 10.5. The number of halogens is 2. The van der Waals surface area contributed by atoms with Crippen LogP contribution in [0.1, 0.15) is 32.6 Å². The zero-order valence-electron chi connectivity index (χ0n) is 20.1. The number of thiophene rings is 1. The highest BCUT2D eigenvalue weighted by molar-refractivity contribution is 8.00. The molecule has 0 spiro atoms. The maximum Gasteiger partial charge on any atom is 0.367 e. The number of alkyl halides is 2. The van der Waals surface area contributed by atoms with E-state index in [-0.39, 0.29) is 23.8 Å². The van der Waals surface area contributed by atoms with Gasteiger partial charge in [-0.1, -0.05) is 34.4 Å². The van der Waals surface area contributed by atoms with Crippen molar-refractivity contribution >= 4 is 81.7 Å². The van der Waals surface area contributed by atoms with Gasteiger partial charge in [-0.05, 0) is 32.2 Å². The molecule has 1 saturated heterocycles. The van der Waals surface area contributed by atoms with Crippen molar-refractivity contribution in [1.29, 1.82) is 0 Å². The number of carbonyl (C=O) groups excluding carboxylic acids is 5. The third-order valence-corrected chi connectivity index (χ3v) is 7.32. The first-order chi connectivity index (χ1) is 17.3. The Labute approximate surface area is 230 Å². The van der Waals surface area contributed by atoms with Crippen LogP contribution in [-0.4, -0.2) is 74.5 Å². The molecule has 1 aromatic rings. The Morgan fingerprint density at radius 2 is 1.97 bits per heavy atom. The largest absolute Gasteiger partial charge is 0.461 e. The maximum atomic E-state index is 13.2. The molecule has 3 heterocycles. The summed E-state index contributed by atoms with van der Waals surface area (Å²) in [4.78, 5) is 66.9. The molecule has 1 N–H and O–H groups in total. The van der Waals surface area contributed by atoms with Gasteiger partial charge in [0.25, 0.3) is 11.8 Å². The Hall–Kier alpha value is -2.61. The summed E-state index contributed by atoms with van der Waals surface area (Å²) in [6.45, 7) is 6.09. The molecule has 2 aliphatic rings. The quantitative estimate of drug-likeness (QED) is 0.120. The first kappa shape index (κ1) is 29.0. The molecule has 1 fully saturated rings. The lowest BCUT2D eigenvalue weighted by atomic mass is 10.0. The zero-order chi connectivity index (χ0) is 27.5. The van der Waals surface area contributed by atoms with Gasteiger partial charge in [-0.3, -0.25) is 19.3 Å². The van der Waals surface area contributed by atoms with Crippen LogP contribution in [-0.2, 0) is 38.3 Å². The highest BCUT2D eigenvalue weighted by atomic mass is 35.5. The molecule has 2 aliphatic heterocycles. The molecule has 2 atom stereocenters. The summed E-state index contributed by atoms with van der Waals surface area (Å²) in [5.74, 6) is -3.48. The average Bonchev–Trinajstić information content (AvgIpc) is 3.33. The summed E-state index contributed by atoms with van der Waals surface area (Å²) in [5, 5.41) is 7.23. The lowest BCUT2D eigenvalue weighted by molar-refractivity contribution is -0.159. The van der Waals surface area contributed by atoms with Crippen LogP contribution < -0.4 is 5.32 Å². The summed E-state index contributed by atoms with van der Waals surface area (Å²) in [7, 11) is 0. The van der Waals surface area contributed by atoms with Gasteiger partial charge in [0.15, 0.2) is 5.71 Å². The lowest BCUT2D eigenvalue weighted by Crippen LogP contribution is -2.71. The van der Waals surface area contributed by atoms with E-state index in [0.717, 1.165) is 11.3 Å². The second kappa shape index (κ2) is 11.8. The van der Waals surface area contributed by atoms with Gasteiger partial charge in [-0.25, -0.2) is 9.59 Å². The molecule has 15 heteroatoms. The summed E-state index contributed by atoms with van der Waals surface area (Å²) in [6.07, 6.45) is 0. The molecule has 0 unspecified atom stereocenters. The first-order valence-electron chi connectivity index (χ1n) is 10.7. The molecule has 0 bridgehead atoms. The molecule has 0 radical (unpaired) electrons. The number of thioether (sulfide) groups is 1. The third-order valence-electron chi connectivity index (χ3n) is 4.75. The number of oxime groups is 1. The van der Waals surface area contributed by atoms with Crippen molar-refractivity contribution < 1.29 is 38.3 Å². The van der Waals surface area contributed by atoms with Crippen LogP contribution in [0.25, 0.3) is 0 Å². The zero-order valence-corrected chi connectivity index (χ0v) is 23.3. The number of nitrogens with zero attached hydrogens (tertiary/aromatic N) is 2. The fourth-order valence-corrected chi connectivity index (χ4v) is 5.36. The van der Waals surface area contributed by atoms with Crippen LogP contribution >= 0.6 is 46.3 Å². The molecule has 2 amide bonds. The van der Waals surface area contributed by atoms with E-state index in [2.05, 4.69) is 15.3 Å². The fraction of sp³-hybridized carbons (Fsp3) is 0.455.